The number of halogens is 2. The minimum Gasteiger partial charge on any atom is -0.352 e. The van der Waals surface area contributed by atoms with Gasteiger partial charge in [0, 0.05) is 24.5 Å². The maximum Gasteiger partial charge on any atom is 0.261 e. The molecule has 2 aromatic rings. The van der Waals surface area contributed by atoms with E-state index in [9.17, 15) is 14.4 Å². The van der Waals surface area contributed by atoms with Crippen molar-refractivity contribution in [3.8, 4) is 0 Å². The molecule has 1 aromatic carbocycles. The lowest BCUT2D eigenvalue weighted by molar-refractivity contribution is 0.0642. The molecule has 3 rings (SSSR count). The van der Waals surface area contributed by atoms with Crippen LogP contribution in [-0.4, -0.2) is 40.7 Å². The van der Waals surface area contributed by atoms with Crippen LogP contribution >= 0.6 is 24.8 Å². The van der Waals surface area contributed by atoms with Gasteiger partial charge < -0.3 is 11.1 Å². The van der Waals surface area contributed by atoms with Crippen LogP contribution in [0.1, 0.15) is 49.5 Å². The molecule has 0 spiro atoms. The maximum absolute atomic E-state index is 12.6. The Balaban J connectivity index is 0.00000196. The number of amides is 3. The van der Waals surface area contributed by atoms with Gasteiger partial charge >= 0.3 is 0 Å². The third-order valence-electron chi connectivity index (χ3n) is 4.24. The second kappa shape index (κ2) is 10.8. The lowest BCUT2D eigenvalue weighted by Crippen LogP contribution is -2.29. The predicted octanol–water partition coefficient (Wildman–Crippen LogP) is 2.19. The summed E-state index contributed by atoms with van der Waals surface area (Å²) in [6.07, 6.45) is 4.85. The Bertz CT molecular complexity index is 846. The van der Waals surface area contributed by atoms with E-state index in [0.29, 0.717) is 24.2 Å². The van der Waals surface area contributed by atoms with Crippen LogP contribution in [0.4, 0.5) is 0 Å². The molecule has 1 aliphatic heterocycles. The van der Waals surface area contributed by atoms with E-state index in [1.54, 1.807) is 30.6 Å². The number of nitrogens with zero attached hydrogens (tertiary/aromatic N) is 2. The fourth-order valence-electron chi connectivity index (χ4n) is 2.82. The van der Waals surface area contributed by atoms with Gasteiger partial charge in [0.1, 0.15) is 0 Å². The van der Waals surface area contributed by atoms with Gasteiger partial charge in [0.05, 0.1) is 17.7 Å². The Kier molecular flexibility index (Phi) is 9.05. The summed E-state index contributed by atoms with van der Waals surface area (Å²) in [7, 11) is 0. The molecule has 3 amide bonds. The predicted molar refractivity (Wildman–Crippen MR) is 110 cm³/mol. The normalized spacial score (nSPS) is 12.1. The molecule has 7 nitrogen and oxygen atoms in total. The molecule has 28 heavy (non-hydrogen) atoms. The van der Waals surface area contributed by atoms with Gasteiger partial charge in [-0.3, -0.25) is 24.3 Å². The van der Waals surface area contributed by atoms with E-state index in [-0.39, 0.29) is 54.6 Å². The largest absolute Gasteiger partial charge is 0.352 e. The van der Waals surface area contributed by atoms with Gasteiger partial charge in [-0.15, -0.1) is 24.8 Å². The number of pyridine rings is 1. The molecule has 9 heteroatoms. The highest BCUT2D eigenvalue weighted by atomic mass is 35.5. The molecular weight excluding hydrogens is 403 g/mol. The van der Waals surface area contributed by atoms with Crippen molar-refractivity contribution in [2.75, 3.05) is 13.1 Å². The lowest BCUT2D eigenvalue weighted by atomic mass is 10.1. The van der Waals surface area contributed by atoms with E-state index < -0.39 is 0 Å². The number of unbranched alkanes of at least 4 members (excludes halogenated alkanes) is 1. The molecular formula is C19H22Cl2N4O3. The molecule has 0 bridgehead atoms. The first-order chi connectivity index (χ1) is 12.6. The topological polar surface area (TPSA) is 105 Å². The van der Waals surface area contributed by atoms with Crippen LogP contribution in [0.2, 0.25) is 0 Å². The minimum absolute atomic E-state index is 0. The Morgan fingerprint density at radius 3 is 2.36 bits per heavy atom. The number of aromatic nitrogens is 1. The molecule has 3 N–H and O–H groups in total. The monoisotopic (exact) mass is 424 g/mol. The van der Waals surface area contributed by atoms with Crippen molar-refractivity contribution >= 4 is 42.5 Å². The third kappa shape index (κ3) is 5.07. The Hall–Kier alpha value is -2.48. The zero-order valence-electron chi connectivity index (χ0n) is 15.1. The van der Waals surface area contributed by atoms with Crippen LogP contribution in [0.5, 0.6) is 0 Å². The van der Waals surface area contributed by atoms with Crippen molar-refractivity contribution in [3.05, 3.63) is 65.0 Å². The summed E-state index contributed by atoms with van der Waals surface area (Å²) in [5, 5.41) is 2.79. The van der Waals surface area contributed by atoms with Gasteiger partial charge in [-0.25, -0.2) is 0 Å². The first-order valence-electron chi connectivity index (χ1n) is 8.49. The number of fused-ring (bicyclic) bond motifs is 1. The van der Waals surface area contributed by atoms with Crippen LogP contribution in [0.25, 0.3) is 0 Å². The van der Waals surface area contributed by atoms with Gasteiger partial charge in [0.15, 0.2) is 0 Å². The zero-order chi connectivity index (χ0) is 18.5. The number of hydrogen-bond acceptors (Lipinski definition) is 5. The molecule has 0 saturated carbocycles. The van der Waals surface area contributed by atoms with E-state index in [0.717, 1.165) is 18.4 Å². The Morgan fingerprint density at radius 1 is 1.00 bits per heavy atom. The summed E-state index contributed by atoms with van der Waals surface area (Å²) >= 11 is 0. The number of benzene rings is 1. The fourth-order valence-corrected chi connectivity index (χ4v) is 2.82. The standard InChI is InChI=1S/C19H20N4O3.2ClH/c20-7-1-2-8-22-17(24)14-3-4-15-16(11-14)19(26)23(18(15)25)12-13-5-9-21-10-6-13;;/h3-6,9-11H,1-2,7-8,12,20H2,(H,22,24);2*1H. The number of hydrogen-bond donors (Lipinski definition) is 2. The summed E-state index contributed by atoms with van der Waals surface area (Å²) in [6, 6.07) is 8.10. The first-order valence-corrected chi connectivity index (χ1v) is 8.49. The van der Waals surface area contributed by atoms with Gasteiger partial charge in [0.25, 0.3) is 17.7 Å². The number of nitrogens with two attached hydrogens (primary N) is 1. The van der Waals surface area contributed by atoms with Crippen LogP contribution in [0, 0.1) is 0 Å². The second-order valence-electron chi connectivity index (χ2n) is 6.06. The quantitative estimate of drug-likeness (QED) is 0.523. The van der Waals surface area contributed by atoms with E-state index in [1.165, 1.54) is 17.0 Å². The highest BCUT2D eigenvalue weighted by Crippen LogP contribution is 2.25. The summed E-state index contributed by atoms with van der Waals surface area (Å²) in [5.74, 6) is -1.01. The van der Waals surface area contributed by atoms with E-state index in [4.69, 9.17) is 5.73 Å². The van der Waals surface area contributed by atoms with Crippen molar-refractivity contribution in [2.24, 2.45) is 5.73 Å². The number of carbonyl (C=O) groups excluding carboxylic acids is 3. The maximum atomic E-state index is 12.6. The van der Waals surface area contributed by atoms with Crippen LogP contribution in [0.3, 0.4) is 0 Å². The molecule has 150 valence electrons. The number of imide groups is 1. The molecule has 0 fully saturated rings. The van der Waals surface area contributed by atoms with Crippen LogP contribution in [-0.2, 0) is 6.54 Å². The Labute approximate surface area is 175 Å². The molecule has 2 heterocycles. The summed E-state index contributed by atoms with van der Waals surface area (Å²) in [4.78, 5) is 42.5. The lowest BCUT2D eigenvalue weighted by Gasteiger charge is -2.13. The average molecular weight is 425 g/mol. The highest BCUT2D eigenvalue weighted by molar-refractivity contribution is 6.22. The SMILES string of the molecule is Cl.Cl.NCCCCNC(=O)c1ccc2c(c1)C(=O)N(Cc1ccncc1)C2=O. The van der Waals surface area contributed by atoms with Crippen molar-refractivity contribution < 1.29 is 14.4 Å². The summed E-state index contributed by atoms with van der Waals surface area (Å²) < 4.78 is 0. The number of carbonyl (C=O) groups is 3. The zero-order valence-corrected chi connectivity index (χ0v) is 16.7. The van der Waals surface area contributed by atoms with Gasteiger partial charge in [-0.05, 0) is 55.3 Å². The molecule has 0 radical (unpaired) electrons. The van der Waals surface area contributed by atoms with Gasteiger partial charge in [-0.2, -0.15) is 0 Å². The molecule has 0 unspecified atom stereocenters. The third-order valence-corrected chi connectivity index (χ3v) is 4.24. The molecule has 0 saturated heterocycles. The highest BCUT2D eigenvalue weighted by Gasteiger charge is 2.35. The molecule has 0 aliphatic carbocycles. The second-order valence-corrected chi connectivity index (χ2v) is 6.06. The number of nitrogens with one attached hydrogen (secondary N) is 1. The van der Waals surface area contributed by atoms with E-state index in [2.05, 4.69) is 10.3 Å². The molecule has 1 aromatic heterocycles. The van der Waals surface area contributed by atoms with Crippen LogP contribution in [0.15, 0.2) is 42.7 Å². The summed E-state index contributed by atoms with van der Waals surface area (Å²) in [6.45, 7) is 1.28. The van der Waals surface area contributed by atoms with E-state index >= 15 is 0 Å². The molecule has 1 aliphatic rings. The Morgan fingerprint density at radius 2 is 1.68 bits per heavy atom. The van der Waals surface area contributed by atoms with Crippen LogP contribution < -0.4 is 11.1 Å². The number of rotatable bonds is 7. The first kappa shape index (κ1) is 23.6. The van der Waals surface area contributed by atoms with Crippen molar-refractivity contribution in [2.45, 2.75) is 19.4 Å². The van der Waals surface area contributed by atoms with Gasteiger partial charge in [0.2, 0.25) is 0 Å². The van der Waals surface area contributed by atoms with Gasteiger partial charge in [-0.1, -0.05) is 0 Å². The smallest absolute Gasteiger partial charge is 0.261 e. The molecule has 0 atom stereocenters. The average Bonchev–Trinajstić information content (AvgIpc) is 2.90. The summed E-state index contributed by atoms with van der Waals surface area (Å²) in [5.41, 5.74) is 7.19. The minimum atomic E-state index is -0.389. The van der Waals surface area contributed by atoms with E-state index in [1.807, 2.05) is 0 Å². The van der Waals surface area contributed by atoms with Crippen molar-refractivity contribution in [1.29, 1.82) is 0 Å². The van der Waals surface area contributed by atoms with Crippen molar-refractivity contribution in [3.63, 3.8) is 0 Å². The van der Waals surface area contributed by atoms with Crippen molar-refractivity contribution in [1.82, 2.24) is 15.2 Å². The fraction of sp³-hybridized carbons (Fsp3) is 0.263.